The zero-order chi connectivity index (χ0) is 18.7. The summed E-state index contributed by atoms with van der Waals surface area (Å²) in [6, 6.07) is 2.21. The third-order valence-corrected chi connectivity index (χ3v) is 6.28. The van der Waals surface area contributed by atoms with Crippen LogP contribution in [0.25, 0.3) is 0 Å². The maximum Gasteiger partial charge on any atom is 0.340 e. The van der Waals surface area contributed by atoms with E-state index in [1.807, 2.05) is 14.0 Å². The Hall–Kier alpha value is -1.63. The van der Waals surface area contributed by atoms with E-state index < -0.39 is 0 Å². The summed E-state index contributed by atoms with van der Waals surface area (Å²) in [5, 5.41) is 4.38. The van der Waals surface area contributed by atoms with Gasteiger partial charge in [0.15, 0.2) is 0 Å². The van der Waals surface area contributed by atoms with Crippen LogP contribution >= 0.6 is 11.3 Å². The van der Waals surface area contributed by atoms with Crippen LogP contribution < -0.4 is 0 Å². The number of esters is 1. The summed E-state index contributed by atoms with van der Waals surface area (Å²) in [6.45, 7) is 10.2. The Bertz CT molecular complexity index is 752. The predicted octanol–water partition coefficient (Wildman–Crippen LogP) is 3.20. The van der Waals surface area contributed by atoms with E-state index in [0.29, 0.717) is 0 Å². The lowest BCUT2D eigenvalue weighted by atomic mass is 10.1. The highest BCUT2D eigenvalue weighted by Crippen LogP contribution is 2.24. The molecule has 1 aliphatic rings. The number of methoxy groups -OCH3 is 1. The number of rotatable bonds is 5. The van der Waals surface area contributed by atoms with Gasteiger partial charge in [0.2, 0.25) is 0 Å². The maximum atomic E-state index is 12.3. The highest BCUT2D eigenvalue weighted by Gasteiger charge is 2.24. The van der Waals surface area contributed by atoms with E-state index in [2.05, 4.69) is 38.1 Å². The van der Waals surface area contributed by atoms with E-state index >= 15 is 0 Å². The molecule has 6 heteroatoms. The second-order valence-corrected chi connectivity index (χ2v) is 7.89. The van der Waals surface area contributed by atoms with Gasteiger partial charge in [0.25, 0.3) is 0 Å². The Morgan fingerprint density at radius 3 is 2.42 bits per heavy atom. The molecule has 2 aromatic heterocycles. The molecule has 5 nitrogen and oxygen atoms in total. The molecule has 3 rings (SSSR count). The minimum atomic E-state index is -0.227. The molecule has 1 saturated heterocycles. The fourth-order valence-corrected chi connectivity index (χ4v) is 4.45. The first-order chi connectivity index (χ1) is 12.5. The normalized spacial score (nSPS) is 16.6. The van der Waals surface area contributed by atoms with Crippen molar-refractivity contribution in [3.05, 3.63) is 44.9 Å². The standard InChI is InChI=1S/C20H29N3O2S/c1-15-18(19(20(24)25-4)16(2)21(15)3)13-23-8-5-7-22(9-10-23)12-17-6-11-26-14-17/h6,11,14H,5,7-10,12-13H2,1-4H3. The first-order valence-corrected chi connectivity index (χ1v) is 10.1. The summed E-state index contributed by atoms with van der Waals surface area (Å²) in [5.74, 6) is -0.227. The van der Waals surface area contributed by atoms with Crippen LogP contribution in [0.15, 0.2) is 16.8 Å². The Morgan fingerprint density at radius 1 is 1.12 bits per heavy atom. The lowest BCUT2D eigenvalue weighted by Crippen LogP contribution is -2.30. The fourth-order valence-electron chi connectivity index (χ4n) is 3.79. The second kappa shape index (κ2) is 8.37. The number of hydrogen-bond donors (Lipinski definition) is 0. The molecule has 0 unspecified atom stereocenters. The molecule has 3 heterocycles. The van der Waals surface area contributed by atoms with Crippen LogP contribution in [0.1, 0.15) is 39.3 Å². The average molecular weight is 376 g/mol. The zero-order valence-electron chi connectivity index (χ0n) is 16.2. The SMILES string of the molecule is COC(=O)c1c(CN2CCCN(Cc3ccsc3)CC2)c(C)n(C)c1C. The van der Waals surface area contributed by atoms with E-state index in [1.54, 1.807) is 11.3 Å². The molecule has 1 fully saturated rings. The van der Waals surface area contributed by atoms with E-state index in [1.165, 1.54) is 12.7 Å². The quantitative estimate of drug-likeness (QED) is 0.752. The Labute approximate surface area is 160 Å². The highest BCUT2D eigenvalue weighted by molar-refractivity contribution is 7.07. The van der Waals surface area contributed by atoms with Gasteiger partial charge in [-0.2, -0.15) is 11.3 Å². The van der Waals surface area contributed by atoms with E-state index in [9.17, 15) is 4.79 Å². The van der Waals surface area contributed by atoms with Crippen LogP contribution in [-0.4, -0.2) is 53.6 Å². The molecule has 1 aliphatic heterocycles. The van der Waals surface area contributed by atoms with E-state index in [0.717, 1.165) is 68.2 Å². The first kappa shape index (κ1) is 19.1. The van der Waals surface area contributed by atoms with Gasteiger partial charge in [0.05, 0.1) is 12.7 Å². The predicted molar refractivity (Wildman–Crippen MR) is 106 cm³/mol. The molecule has 0 spiro atoms. The summed E-state index contributed by atoms with van der Waals surface area (Å²) in [7, 11) is 3.48. The van der Waals surface area contributed by atoms with Gasteiger partial charge < -0.3 is 9.30 Å². The lowest BCUT2D eigenvalue weighted by molar-refractivity contribution is 0.0597. The molecule has 0 N–H and O–H groups in total. The van der Waals surface area contributed by atoms with Gasteiger partial charge in [-0.25, -0.2) is 4.79 Å². The average Bonchev–Trinajstić information content (AvgIpc) is 3.13. The molecule has 0 radical (unpaired) electrons. The molecule has 26 heavy (non-hydrogen) atoms. The number of hydrogen-bond acceptors (Lipinski definition) is 5. The number of aromatic nitrogens is 1. The minimum Gasteiger partial charge on any atom is -0.465 e. The van der Waals surface area contributed by atoms with Crippen molar-refractivity contribution in [2.24, 2.45) is 7.05 Å². The van der Waals surface area contributed by atoms with Crippen molar-refractivity contribution in [1.82, 2.24) is 14.4 Å². The number of carbonyl (C=O) groups is 1. The Kier molecular flexibility index (Phi) is 6.16. The lowest BCUT2D eigenvalue weighted by Gasteiger charge is -2.22. The van der Waals surface area contributed by atoms with Gasteiger partial charge in [-0.05, 0) is 55.7 Å². The van der Waals surface area contributed by atoms with Gasteiger partial charge in [-0.15, -0.1) is 0 Å². The van der Waals surface area contributed by atoms with Crippen molar-refractivity contribution >= 4 is 17.3 Å². The Morgan fingerprint density at radius 2 is 1.81 bits per heavy atom. The summed E-state index contributed by atoms with van der Waals surface area (Å²) in [6.07, 6.45) is 1.16. The van der Waals surface area contributed by atoms with E-state index in [-0.39, 0.29) is 5.97 Å². The van der Waals surface area contributed by atoms with Crippen LogP contribution in [0.3, 0.4) is 0 Å². The molecule has 0 saturated carbocycles. The fraction of sp³-hybridized carbons (Fsp3) is 0.550. The number of nitrogens with zero attached hydrogens (tertiary/aromatic N) is 3. The topological polar surface area (TPSA) is 37.7 Å². The maximum absolute atomic E-state index is 12.3. The molecule has 142 valence electrons. The summed E-state index contributed by atoms with van der Waals surface area (Å²) < 4.78 is 7.14. The summed E-state index contributed by atoms with van der Waals surface area (Å²) in [5.41, 5.74) is 5.40. The second-order valence-electron chi connectivity index (χ2n) is 7.11. The van der Waals surface area contributed by atoms with Crippen molar-refractivity contribution in [3.8, 4) is 0 Å². The van der Waals surface area contributed by atoms with Gasteiger partial charge >= 0.3 is 5.97 Å². The summed E-state index contributed by atoms with van der Waals surface area (Å²) in [4.78, 5) is 17.3. The van der Waals surface area contributed by atoms with Crippen molar-refractivity contribution < 1.29 is 9.53 Å². The van der Waals surface area contributed by atoms with Crippen LogP contribution in [0.5, 0.6) is 0 Å². The summed E-state index contributed by atoms with van der Waals surface area (Å²) >= 11 is 1.76. The number of carbonyl (C=O) groups excluding carboxylic acids is 1. The molecule has 0 atom stereocenters. The molecule has 0 bridgehead atoms. The van der Waals surface area contributed by atoms with E-state index in [4.69, 9.17) is 4.74 Å². The van der Waals surface area contributed by atoms with Crippen molar-refractivity contribution in [2.75, 3.05) is 33.3 Å². The van der Waals surface area contributed by atoms with Crippen molar-refractivity contribution in [1.29, 1.82) is 0 Å². The molecule has 0 amide bonds. The Balaban J connectivity index is 1.70. The number of ether oxygens (including phenoxy) is 1. The largest absolute Gasteiger partial charge is 0.465 e. The van der Waals surface area contributed by atoms with Crippen molar-refractivity contribution in [2.45, 2.75) is 33.4 Å². The smallest absolute Gasteiger partial charge is 0.340 e. The minimum absolute atomic E-state index is 0.227. The molecule has 2 aromatic rings. The highest BCUT2D eigenvalue weighted by atomic mass is 32.1. The first-order valence-electron chi connectivity index (χ1n) is 9.20. The van der Waals surface area contributed by atoms with Crippen LogP contribution in [-0.2, 0) is 24.9 Å². The number of thiophene rings is 1. The van der Waals surface area contributed by atoms with Crippen LogP contribution in [0, 0.1) is 13.8 Å². The van der Waals surface area contributed by atoms with Gasteiger partial charge in [-0.3, -0.25) is 9.80 Å². The molecule has 0 aliphatic carbocycles. The van der Waals surface area contributed by atoms with Crippen molar-refractivity contribution in [3.63, 3.8) is 0 Å². The van der Waals surface area contributed by atoms with Gasteiger partial charge in [-0.1, -0.05) is 0 Å². The van der Waals surface area contributed by atoms with Crippen LogP contribution in [0.2, 0.25) is 0 Å². The molecular formula is C20H29N3O2S. The third-order valence-electron chi connectivity index (χ3n) is 5.55. The third kappa shape index (κ3) is 4.03. The zero-order valence-corrected chi connectivity index (χ0v) is 17.1. The van der Waals surface area contributed by atoms with Crippen LogP contribution in [0.4, 0.5) is 0 Å². The van der Waals surface area contributed by atoms with Gasteiger partial charge in [0.1, 0.15) is 0 Å². The molecular weight excluding hydrogens is 346 g/mol. The van der Waals surface area contributed by atoms with Gasteiger partial charge in [0, 0.05) is 50.2 Å². The monoisotopic (exact) mass is 375 g/mol. The molecule has 0 aromatic carbocycles.